The molecule has 0 radical (unpaired) electrons. The number of aromatic nitrogens is 2. The number of hydrogen-bond acceptors (Lipinski definition) is 2. The van der Waals surface area contributed by atoms with Crippen LogP contribution in [0.4, 0.5) is 5.69 Å². The number of nitriles is 1. The van der Waals surface area contributed by atoms with Crippen LogP contribution in [0.25, 0.3) is 43.4 Å². The van der Waals surface area contributed by atoms with Crippen molar-refractivity contribution in [2.45, 2.75) is 6.54 Å². The number of furan rings is 1. The second-order valence-electron chi connectivity index (χ2n) is 6.70. The van der Waals surface area contributed by atoms with E-state index in [4.69, 9.17) is 11.0 Å². The molecule has 2 aromatic heterocycles. The van der Waals surface area contributed by atoms with Crippen LogP contribution in [0.1, 0.15) is 11.1 Å². The zero-order valence-corrected chi connectivity index (χ0v) is 14.1. The SMILES string of the molecule is [C-]#[N+]c1ccc2c(c[n+]3n2-c2c(ccc4c2oc2ccccc24)C3)c1C#N. The maximum absolute atomic E-state index is 9.57. The van der Waals surface area contributed by atoms with Crippen LogP contribution < -0.4 is 4.68 Å². The van der Waals surface area contributed by atoms with Gasteiger partial charge in [-0.15, -0.1) is 9.36 Å². The summed E-state index contributed by atoms with van der Waals surface area (Å²) in [6, 6.07) is 18.1. The molecular weight excluding hydrogens is 336 g/mol. The Labute approximate surface area is 153 Å². The van der Waals surface area contributed by atoms with Gasteiger partial charge in [-0.2, -0.15) is 5.26 Å². The Bertz CT molecular complexity index is 1520. The molecule has 5 heteroatoms. The van der Waals surface area contributed by atoms with Crippen molar-refractivity contribution >= 4 is 38.5 Å². The first-order valence-corrected chi connectivity index (χ1v) is 8.59. The van der Waals surface area contributed by atoms with Crippen molar-refractivity contribution in [1.29, 1.82) is 5.26 Å². The molecule has 1 aliphatic heterocycles. The first-order chi connectivity index (χ1) is 13.3. The lowest BCUT2D eigenvalue weighted by Gasteiger charge is -2.01. The minimum Gasteiger partial charge on any atom is -0.454 e. The molecular formula is C22H11N4O+. The van der Waals surface area contributed by atoms with E-state index in [0.29, 0.717) is 17.8 Å². The Morgan fingerprint density at radius 2 is 1.96 bits per heavy atom. The van der Waals surface area contributed by atoms with Crippen molar-refractivity contribution in [2.75, 3.05) is 0 Å². The van der Waals surface area contributed by atoms with Crippen LogP contribution in [0.5, 0.6) is 0 Å². The Kier molecular flexibility index (Phi) is 2.48. The topological polar surface area (TPSA) is 50.1 Å². The first-order valence-electron chi connectivity index (χ1n) is 8.59. The van der Waals surface area contributed by atoms with Crippen LogP contribution in [-0.4, -0.2) is 4.68 Å². The average Bonchev–Trinajstić information content (AvgIpc) is 3.35. The van der Waals surface area contributed by atoms with Gasteiger partial charge in [0.2, 0.25) is 11.9 Å². The van der Waals surface area contributed by atoms with Crippen LogP contribution in [0.3, 0.4) is 0 Å². The molecule has 0 bridgehead atoms. The molecule has 0 saturated carbocycles. The summed E-state index contributed by atoms with van der Waals surface area (Å²) in [6.07, 6.45) is 1.96. The summed E-state index contributed by atoms with van der Waals surface area (Å²) in [5.74, 6) is 0. The molecule has 0 unspecified atom stereocenters. The Morgan fingerprint density at radius 3 is 2.81 bits per heavy atom. The maximum atomic E-state index is 9.57. The van der Waals surface area contributed by atoms with Gasteiger partial charge < -0.3 is 4.42 Å². The summed E-state index contributed by atoms with van der Waals surface area (Å²) in [5, 5.41) is 12.5. The molecule has 6 rings (SSSR count). The lowest BCUT2D eigenvalue weighted by Crippen LogP contribution is -2.36. The van der Waals surface area contributed by atoms with Gasteiger partial charge >= 0.3 is 0 Å². The predicted molar refractivity (Wildman–Crippen MR) is 101 cm³/mol. The fourth-order valence-electron chi connectivity index (χ4n) is 4.18. The van der Waals surface area contributed by atoms with Crippen molar-refractivity contribution in [3.63, 3.8) is 0 Å². The van der Waals surface area contributed by atoms with E-state index < -0.39 is 0 Å². The quantitative estimate of drug-likeness (QED) is 0.298. The zero-order valence-electron chi connectivity index (χ0n) is 14.1. The van der Waals surface area contributed by atoms with Crippen molar-refractivity contribution in [3.05, 3.63) is 77.3 Å². The second-order valence-corrected chi connectivity index (χ2v) is 6.70. The lowest BCUT2D eigenvalue weighted by atomic mass is 10.1. The molecule has 0 fully saturated rings. The van der Waals surface area contributed by atoms with E-state index in [1.807, 2.05) is 30.5 Å². The normalized spacial score (nSPS) is 12.2. The molecule has 1 aliphatic rings. The fraction of sp³-hybridized carbons (Fsp3) is 0.0455. The highest BCUT2D eigenvalue weighted by molar-refractivity contribution is 6.08. The van der Waals surface area contributed by atoms with E-state index in [0.717, 1.165) is 38.5 Å². The van der Waals surface area contributed by atoms with Gasteiger partial charge in [0.1, 0.15) is 11.1 Å². The number of para-hydroxylation sites is 1. The van der Waals surface area contributed by atoms with Gasteiger partial charge in [0.15, 0.2) is 17.8 Å². The van der Waals surface area contributed by atoms with Crippen LogP contribution in [0.15, 0.2) is 59.1 Å². The standard InChI is InChI=1S/C22H11N4O/c1-24-18-8-9-19-17(16(18)10-23)12-25-11-13-6-7-15-14-4-2-3-5-20(14)27-22(15)21(13)26(19)25/h2-9,12H,11H2/q+1. The van der Waals surface area contributed by atoms with Crippen molar-refractivity contribution in [2.24, 2.45) is 0 Å². The summed E-state index contributed by atoms with van der Waals surface area (Å²) < 4.78 is 10.4. The van der Waals surface area contributed by atoms with E-state index >= 15 is 0 Å². The van der Waals surface area contributed by atoms with Gasteiger partial charge in [0.05, 0.1) is 29.2 Å². The number of rotatable bonds is 0. The Morgan fingerprint density at radius 1 is 1.07 bits per heavy atom. The molecule has 0 atom stereocenters. The van der Waals surface area contributed by atoms with Gasteiger partial charge in [0.25, 0.3) is 0 Å². The number of fused-ring (bicyclic) bond motifs is 9. The summed E-state index contributed by atoms with van der Waals surface area (Å²) in [6.45, 7) is 8.02. The molecule has 0 amide bonds. The first kappa shape index (κ1) is 14.1. The number of nitrogens with zero attached hydrogens (tertiary/aromatic N) is 4. The second kappa shape index (κ2) is 4.75. The van der Waals surface area contributed by atoms with Crippen LogP contribution >= 0.6 is 0 Å². The molecule has 0 saturated heterocycles. The van der Waals surface area contributed by atoms with Gasteiger partial charge in [-0.3, -0.25) is 0 Å². The highest BCUT2D eigenvalue weighted by Crippen LogP contribution is 2.38. The van der Waals surface area contributed by atoms with Gasteiger partial charge in [0, 0.05) is 10.8 Å². The minimum absolute atomic E-state index is 0.386. The number of hydrogen-bond donors (Lipinski definition) is 0. The Hall–Kier alpha value is -4.09. The molecule has 3 aromatic carbocycles. The van der Waals surface area contributed by atoms with Crippen LogP contribution in [-0.2, 0) is 6.54 Å². The van der Waals surface area contributed by atoms with Crippen LogP contribution in [0.2, 0.25) is 0 Å². The third-order valence-corrected chi connectivity index (χ3v) is 5.34. The molecule has 0 aliphatic carbocycles. The fourth-order valence-corrected chi connectivity index (χ4v) is 4.18. The molecule has 0 N–H and O–H groups in total. The lowest BCUT2D eigenvalue weighted by molar-refractivity contribution is -0.749. The summed E-state index contributed by atoms with van der Waals surface area (Å²) in [7, 11) is 0. The van der Waals surface area contributed by atoms with Crippen molar-refractivity contribution < 1.29 is 9.10 Å². The third-order valence-electron chi connectivity index (χ3n) is 5.34. The summed E-state index contributed by atoms with van der Waals surface area (Å²) >= 11 is 0. The van der Waals surface area contributed by atoms with Crippen molar-refractivity contribution in [1.82, 2.24) is 4.68 Å². The average molecular weight is 347 g/mol. The summed E-state index contributed by atoms with van der Waals surface area (Å²) in [5.41, 5.74) is 5.63. The van der Waals surface area contributed by atoms with Gasteiger partial charge in [-0.25, -0.2) is 4.85 Å². The van der Waals surface area contributed by atoms with E-state index in [1.165, 1.54) is 5.56 Å². The molecule has 5 aromatic rings. The van der Waals surface area contributed by atoms with Gasteiger partial charge in [-0.1, -0.05) is 24.3 Å². The van der Waals surface area contributed by atoms with Gasteiger partial charge in [-0.05, 0) is 24.3 Å². The molecule has 0 spiro atoms. The number of benzene rings is 3. The molecule has 3 heterocycles. The highest BCUT2D eigenvalue weighted by atomic mass is 16.3. The van der Waals surface area contributed by atoms with E-state index in [-0.39, 0.29) is 0 Å². The monoisotopic (exact) mass is 347 g/mol. The smallest absolute Gasteiger partial charge is 0.205 e. The van der Waals surface area contributed by atoms with Crippen molar-refractivity contribution in [3.8, 4) is 11.8 Å². The zero-order chi connectivity index (χ0) is 18.1. The van der Waals surface area contributed by atoms with E-state index in [2.05, 4.69) is 38.5 Å². The van der Waals surface area contributed by atoms with Crippen LogP contribution in [0, 0.1) is 17.9 Å². The minimum atomic E-state index is 0.386. The highest BCUT2D eigenvalue weighted by Gasteiger charge is 2.33. The molecule has 5 nitrogen and oxygen atoms in total. The predicted octanol–water partition coefficient (Wildman–Crippen LogP) is 4.60. The molecule has 27 heavy (non-hydrogen) atoms. The Balaban J connectivity index is 1.77. The maximum Gasteiger partial charge on any atom is 0.205 e. The van der Waals surface area contributed by atoms with E-state index in [1.54, 1.807) is 6.07 Å². The third kappa shape index (κ3) is 1.63. The molecule has 124 valence electrons. The van der Waals surface area contributed by atoms with E-state index in [9.17, 15) is 5.26 Å². The largest absolute Gasteiger partial charge is 0.454 e. The summed E-state index contributed by atoms with van der Waals surface area (Å²) in [4.78, 5) is 3.49.